The van der Waals surface area contributed by atoms with E-state index >= 15 is 0 Å². The number of imidazole rings is 1. The second-order valence-electron chi connectivity index (χ2n) is 5.85. The molecule has 2 N–H and O–H groups in total. The molecule has 2 heterocycles. The van der Waals surface area contributed by atoms with Gasteiger partial charge in [0.1, 0.15) is 10.8 Å². The molecule has 0 bridgehead atoms. The molecule has 0 unspecified atom stereocenters. The van der Waals surface area contributed by atoms with Gasteiger partial charge in [0, 0.05) is 30.6 Å². The van der Waals surface area contributed by atoms with Gasteiger partial charge in [0.2, 0.25) is 0 Å². The molecule has 26 heavy (non-hydrogen) atoms. The zero-order valence-electron chi connectivity index (χ0n) is 15.0. The molecule has 0 fully saturated rings. The number of hydrogen-bond donors (Lipinski definition) is 2. The summed E-state index contributed by atoms with van der Waals surface area (Å²) in [5.41, 5.74) is 2.90. The maximum absolute atomic E-state index is 12.4. The monoisotopic (exact) mass is 389 g/mol. The second kappa shape index (κ2) is 9.05. The van der Waals surface area contributed by atoms with E-state index in [1.807, 2.05) is 36.6 Å². The van der Waals surface area contributed by atoms with E-state index in [2.05, 4.69) is 26.5 Å². The Morgan fingerprint density at radius 3 is 2.96 bits per heavy atom. The quantitative estimate of drug-likeness (QED) is 0.617. The summed E-state index contributed by atoms with van der Waals surface area (Å²) in [6, 6.07) is 7.89. The Bertz CT molecular complexity index is 827. The predicted octanol–water partition coefficient (Wildman–Crippen LogP) is 3.66. The first-order valence-corrected chi connectivity index (χ1v) is 10.9. The van der Waals surface area contributed by atoms with E-state index in [9.17, 15) is 4.79 Å². The number of thioether (sulfide) groups is 1. The van der Waals surface area contributed by atoms with Gasteiger partial charge in [-0.2, -0.15) is 11.8 Å². The molecular weight excluding hydrogens is 366 g/mol. The summed E-state index contributed by atoms with van der Waals surface area (Å²) in [5.74, 6) is 1.82. The van der Waals surface area contributed by atoms with Gasteiger partial charge in [-0.05, 0) is 25.3 Å². The Balaban J connectivity index is 1.51. The normalized spacial score (nSPS) is 11.0. The molecule has 0 saturated heterocycles. The number of thiazole rings is 1. The van der Waals surface area contributed by atoms with Crippen LogP contribution >= 0.6 is 23.1 Å². The van der Waals surface area contributed by atoms with Crippen molar-refractivity contribution in [2.24, 2.45) is 0 Å². The lowest BCUT2D eigenvalue weighted by Gasteiger charge is -2.20. The van der Waals surface area contributed by atoms with Crippen LogP contribution in [0.25, 0.3) is 11.0 Å². The number of hydrogen-bond acceptors (Lipinski definition) is 5. The summed E-state index contributed by atoms with van der Waals surface area (Å²) < 4.78 is 0. The van der Waals surface area contributed by atoms with Crippen LogP contribution in [0.5, 0.6) is 0 Å². The average molecular weight is 390 g/mol. The van der Waals surface area contributed by atoms with Crippen LogP contribution < -0.4 is 5.32 Å². The van der Waals surface area contributed by atoms with Crippen molar-refractivity contribution < 1.29 is 4.79 Å². The highest BCUT2D eigenvalue weighted by molar-refractivity contribution is 7.97. The lowest BCUT2D eigenvalue weighted by atomic mass is 10.3. The van der Waals surface area contributed by atoms with Crippen molar-refractivity contribution in [3.8, 4) is 0 Å². The van der Waals surface area contributed by atoms with Crippen LogP contribution in [0.15, 0.2) is 29.6 Å². The number of rotatable bonds is 8. The van der Waals surface area contributed by atoms with Crippen LogP contribution in [0.4, 0.5) is 4.79 Å². The van der Waals surface area contributed by atoms with Crippen molar-refractivity contribution in [1.82, 2.24) is 25.2 Å². The van der Waals surface area contributed by atoms with Crippen molar-refractivity contribution in [2.75, 3.05) is 19.3 Å². The molecule has 138 valence electrons. The van der Waals surface area contributed by atoms with Gasteiger partial charge in [-0.3, -0.25) is 0 Å². The third-order valence-corrected chi connectivity index (χ3v) is 5.66. The molecule has 0 spiro atoms. The van der Waals surface area contributed by atoms with Gasteiger partial charge in [0.25, 0.3) is 0 Å². The minimum absolute atomic E-state index is 0.0666. The van der Waals surface area contributed by atoms with E-state index in [1.165, 1.54) is 0 Å². The number of amides is 2. The Morgan fingerprint density at radius 1 is 1.35 bits per heavy atom. The zero-order valence-corrected chi connectivity index (χ0v) is 16.6. The number of nitrogens with zero attached hydrogens (tertiary/aromatic N) is 3. The zero-order chi connectivity index (χ0) is 18.4. The predicted molar refractivity (Wildman–Crippen MR) is 109 cm³/mol. The highest BCUT2D eigenvalue weighted by Gasteiger charge is 2.13. The third-order valence-electron chi connectivity index (χ3n) is 4.01. The van der Waals surface area contributed by atoms with Gasteiger partial charge in [-0.15, -0.1) is 11.3 Å². The fourth-order valence-corrected chi connectivity index (χ4v) is 4.18. The number of aromatic amines is 1. The molecule has 8 heteroatoms. The number of nitrogens with one attached hydrogen (secondary N) is 2. The minimum atomic E-state index is -0.0666. The van der Waals surface area contributed by atoms with Gasteiger partial charge >= 0.3 is 6.03 Å². The lowest BCUT2D eigenvalue weighted by molar-refractivity contribution is 0.200. The number of para-hydroxylation sites is 2. The van der Waals surface area contributed by atoms with Crippen LogP contribution in [0.1, 0.15) is 23.4 Å². The molecule has 2 amide bonds. The fourth-order valence-electron chi connectivity index (χ4n) is 2.67. The first-order chi connectivity index (χ1) is 12.7. The Kier molecular flexibility index (Phi) is 6.51. The van der Waals surface area contributed by atoms with Crippen LogP contribution in [0, 0.1) is 0 Å². The molecule has 0 aliphatic rings. The van der Waals surface area contributed by atoms with E-state index in [1.54, 1.807) is 28.0 Å². The maximum atomic E-state index is 12.4. The number of benzene rings is 1. The standard InChI is InChI=1S/C18H23N5OS2/c1-3-23(9-8-16-21-14-6-4-5-7-15(14)22-16)18(24)19-10-13-11-26-17(20-13)12-25-2/h4-7,11H,3,8-10,12H2,1-2H3,(H,19,24)(H,21,22). The summed E-state index contributed by atoms with van der Waals surface area (Å²) in [5, 5.41) is 6.07. The maximum Gasteiger partial charge on any atom is 0.317 e. The first kappa shape index (κ1) is 18.7. The van der Waals surface area contributed by atoms with Crippen LogP contribution in [0.2, 0.25) is 0 Å². The van der Waals surface area contributed by atoms with Gasteiger partial charge in [-0.1, -0.05) is 12.1 Å². The van der Waals surface area contributed by atoms with E-state index in [0.29, 0.717) is 26.1 Å². The Morgan fingerprint density at radius 2 is 2.19 bits per heavy atom. The molecule has 2 aromatic heterocycles. The fraction of sp³-hybridized carbons (Fsp3) is 0.389. The first-order valence-electron chi connectivity index (χ1n) is 8.58. The molecule has 0 atom stereocenters. The summed E-state index contributed by atoms with van der Waals surface area (Å²) in [4.78, 5) is 26.6. The van der Waals surface area contributed by atoms with Crippen LogP contribution in [0.3, 0.4) is 0 Å². The number of fused-ring (bicyclic) bond motifs is 1. The summed E-state index contributed by atoms with van der Waals surface area (Å²) >= 11 is 3.39. The molecule has 1 aromatic carbocycles. The molecular formula is C18H23N5OS2. The van der Waals surface area contributed by atoms with Crippen LogP contribution in [-0.4, -0.2) is 45.2 Å². The minimum Gasteiger partial charge on any atom is -0.342 e. The van der Waals surface area contributed by atoms with E-state index in [-0.39, 0.29) is 6.03 Å². The number of urea groups is 1. The summed E-state index contributed by atoms with van der Waals surface area (Å²) in [6.45, 7) is 3.72. The highest BCUT2D eigenvalue weighted by Crippen LogP contribution is 2.15. The molecule has 6 nitrogen and oxygen atoms in total. The molecule has 3 rings (SSSR count). The van der Waals surface area contributed by atoms with Gasteiger partial charge in [-0.25, -0.2) is 14.8 Å². The SMILES string of the molecule is CCN(CCc1nc2ccccc2[nH]1)C(=O)NCc1csc(CSC)n1. The molecule has 0 aliphatic heterocycles. The summed E-state index contributed by atoms with van der Waals surface area (Å²) in [7, 11) is 0. The smallest absolute Gasteiger partial charge is 0.317 e. The third kappa shape index (κ3) is 4.76. The van der Waals surface area contributed by atoms with Gasteiger partial charge in [0.15, 0.2) is 0 Å². The van der Waals surface area contributed by atoms with Crippen molar-refractivity contribution in [3.05, 3.63) is 46.2 Å². The second-order valence-corrected chi connectivity index (χ2v) is 7.66. The Hall–Kier alpha value is -2.06. The highest BCUT2D eigenvalue weighted by atomic mass is 32.2. The largest absolute Gasteiger partial charge is 0.342 e. The molecule has 3 aromatic rings. The number of carbonyl (C=O) groups excluding carboxylic acids is 1. The van der Waals surface area contributed by atoms with Crippen molar-refractivity contribution in [3.63, 3.8) is 0 Å². The number of carbonyl (C=O) groups is 1. The van der Waals surface area contributed by atoms with E-state index in [0.717, 1.165) is 33.3 Å². The number of likely N-dealkylation sites (N-methyl/N-ethyl adjacent to an activating group) is 1. The Labute approximate surface area is 161 Å². The van der Waals surface area contributed by atoms with E-state index in [4.69, 9.17) is 0 Å². The van der Waals surface area contributed by atoms with Crippen molar-refractivity contribution in [1.29, 1.82) is 0 Å². The molecule has 0 saturated carbocycles. The topological polar surface area (TPSA) is 73.9 Å². The number of aromatic nitrogens is 3. The number of H-pyrrole nitrogens is 1. The van der Waals surface area contributed by atoms with Crippen LogP contribution in [-0.2, 0) is 18.7 Å². The molecule has 0 radical (unpaired) electrons. The van der Waals surface area contributed by atoms with Crippen molar-refractivity contribution in [2.45, 2.75) is 25.6 Å². The van der Waals surface area contributed by atoms with Crippen molar-refractivity contribution >= 4 is 40.2 Å². The van der Waals surface area contributed by atoms with Gasteiger partial charge < -0.3 is 15.2 Å². The summed E-state index contributed by atoms with van der Waals surface area (Å²) in [6.07, 6.45) is 2.76. The van der Waals surface area contributed by atoms with E-state index < -0.39 is 0 Å². The average Bonchev–Trinajstić information content (AvgIpc) is 3.27. The lowest BCUT2D eigenvalue weighted by Crippen LogP contribution is -2.40. The molecule has 0 aliphatic carbocycles. The van der Waals surface area contributed by atoms with Gasteiger partial charge in [0.05, 0.1) is 23.3 Å².